The number of hydrogen-bond donors (Lipinski definition) is 2. The van der Waals surface area contributed by atoms with Gasteiger partial charge in [0.15, 0.2) is 14.1 Å². The predicted molar refractivity (Wildman–Crippen MR) is 138 cm³/mol. The summed E-state index contributed by atoms with van der Waals surface area (Å²) < 4.78 is 17.0. The Morgan fingerprint density at radius 3 is 2.26 bits per heavy atom. The van der Waals surface area contributed by atoms with Crippen molar-refractivity contribution in [2.24, 2.45) is 0 Å². The molecule has 2 N–H and O–H groups in total. The number of nitrogens with one attached hydrogen (secondary N) is 2. The van der Waals surface area contributed by atoms with E-state index in [1.54, 1.807) is 0 Å². The zero-order chi connectivity index (χ0) is 25.6. The molecule has 1 amide bonds. The van der Waals surface area contributed by atoms with Crippen LogP contribution >= 0.6 is 0 Å². The number of carbonyl (C=O) groups is 1. The van der Waals surface area contributed by atoms with Crippen molar-refractivity contribution in [3.63, 3.8) is 0 Å². The minimum absolute atomic E-state index is 0.153. The Kier molecular flexibility index (Phi) is 9.30. The van der Waals surface area contributed by atoms with Crippen molar-refractivity contribution in [1.29, 1.82) is 0 Å². The van der Waals surface area contributed by atoms with Crippen molar-refractivity contribution in [1.82, 2.24) is 15.5 Å². The number of benzene rings is 1. The molecule has 8 nitrogen and oxygen atoms in total. The van der Waals surface area contributed by atoms with Crippen LogP contribution in [0.1, 0.15) is 71.5 Å². The Balaban J connectivity index is 2.06. The Labute approximate surface area is 205 Å². The van der Waals surface area contributed by atoms with Crippen molar-refractivity contribution in [3.8, 4) is 0 Å². The summed E-state index contributed by atoms with van der Waals surface area (Å²) in [5, 5.41) is 10.3. The fourth-order valence-electron chi connectivity index (χ4n) is 2.93. The van der Waals surface area contributed by atoms with Gasteiger partial charge in [0.25, 0.3) is 0 Å². The van der Waals surface area contributed by atoms with Crippen LogP contribution in [0.5, 0.6) is 0 Å². The molecule has 1 aromatic carbocycles. The lowest BCUT2D eigenvalue weighted by Gasteiger charge is -2.36. The summed E-state index contributed by atoms with van der Waals surface area (Å²) >= 11 is 0. The summed E-state index contributed by atoms with van der Waals surface area (Å²) in [5.74, 6) is 0.387. The van der Waals surface area contributed by atoms with Crippen molar-refractivity contribution in [2.45, 2.75) is 91.1 Å². The van der Waals surface area contributed by atoms with Gasteiger partial charge in [0.05, 0.1) is 12.6 Å². The highest BCUT2D eigenvalue weighted by molar-refractivity contribution is 6.74. The molecular weight excluding hydrogens is 448 g/mol. The highest BCUT2D eigenvalue weighted by Crippen LogP contribution is 2.36. The molecule has 0 unspecified atom stereocenters. The Hall–Kier alpha value is -2.39. The molecule has 1 heterocycles. The van der Waals surface area contributed by atoms with Crippen LogP contribution in [-0.4, -0.2) is 43.3 Å². The Morgan fingerprint density at radius 1 is 1.09 bits per heavy atom. The number of ether oxygens (including phenoxy) is 1. The van der Waals surface area contributed by atoms with E-state index in [0.717, 1.165) is 12.0 Å². The van der Waals surface area contributed by atoms with Gasteiger partial charge in [-0.15, -0.1) is 0 Å². The minimum Gasteiger partial charge on any atom is -0.444 e. The van der Waals surface area contributed by atoms with Gasteiger partial charge in [-0.3, -0.25) is 0 Å². The molecule has 0 aliphatic rings. The number of nitrogens with zero attached hydrogens (tertiary/aromatic N) is 2. The first-order chi connectivity index (χ1) is 15.7. The summed E-state index contributed by atoms with van der Waals surface area (Å²) in [7, 11) is -1.81. The number of rotatable bonds is 10. The molecule has 0 aliphatic heterocycles. The average Bonchev–Trinajstić information content (AvgIpc) is 3.18. The second kappa shape index (κ2) is 11.4. The molecule has 0 saturated carbocycles. The first-order valence-electron chi connectivity index (χ1n) is 12.0. The van der Waals surface area contributed by atoms with Crippen molar-refractivity contribution >= 4 is 20.4 Å². The standard InChI is InChI=1S/C25H42N4O4Si/c1-10-18-11-13-19(14-12-18)17-20(27-23(30)32-24(2,3)4)21-28-22(33-29-21)26-15-16-31-34(8,9)25(5,6)7/h11-14,20H,10,15-17H2,1-9H3,(H,27,30)(H,26,28,29)/t20-/m0/s1. The number of amides is 1. The molecule has 190 valence electrons. The van der Waals surface area contributed by atoms with Gasteiger partial charge in [0.2, 0.25) is 0 Å². The summed E-state index contributed by atoms with van der Waals surface area (Å²) in [6.45, 7) is 19.8. The highest BCUT2D eigenvalue weighted by atomic mass is 28.4. The second-order valence-corrected chi connectivity index (χ2v) is 15.9. The third-order valence-corrected chi connectivity index (χ3v) is 10.5. The summed E-state index contributed by atoms with van der Waals surface area (Å²) in [5.41, 5.74) is 1.71. The third-order valence-electron chi connectivity index (χ3n) is 5.96. The number of anilines is 1. The summed E-state index contributed by atoms with van der Waals surface area (Å²) in [6, 6.07) is 8.09. The van der Waals surface area contributed by atoms with E-state index in [1.807, 2.05) is 20.8 Å². The zero-order valence-corrected chi connectivity index (χ0v) is 23.2. The largest absolute Gasteiger partial charge is 0.444 e. The van der Waals surface area contributed by atoms with E-state index in [2.05, 4.69) is 85.8 Å². The maximum absolute atomic E-state index is 12.5. The molecule has 0 spiro atoms. The van der Waals surface area contributed by atoms with Crippen LogP contribution < -0.4 is 10.6 Å². The van der Waals surface area contributed by atoms with Crippen LogP contribution in [0.25, 0.3) is 0 Å². The molecule has 0 fully saturated rings. The lowest BCUT2D eigenvalue weighted by Crippen LogP contribution is -2.41. The van der Waals surface area contributed by atoms with Crippen molar-refractivity contribution < 1.29 is 18.5 Å². The molecule has 1 atom stereocenters. The van der Waals surface area contributed by atoms with Gasteiger partial charge < -0.3 is 24.3 Å². The molecule has 34 heavy (non-hydrogen) atoms. The van der Waals surface area contributed by atoms with Gasteiger partial charge in [0, 0.05) is 13.0 Å². The van der Waals surface area contributed by atoms with E-state index in [-0.39, 0.29) is 5.04 Å². The lowest BCUT2D eigenvalue weighted by molar-refractivity contribution is 0.0500. The fraction of sp³-hybridized carbons (Fsp3) is 0.640. The molecule has 0 radical (unpaired) electrons. The second-order valence-electron chi connectivity index (χ2n) is 11.1. The highest BCUT2D eigenvalue weighted by Gasteiger charge is 2.36. The number of aromatic nitrogens is 2. The van der Waals surface area contributed by atoms with E-state index >= 15 is 0 Å². The summed E-state index contributed by atoms with van der Waals surface area (Å²) in [6.07, 6.45) is 0.958. The van der Waals surface area contributed by atoms with Gasteiger partial charge in [0.1, 0.15) is 5.60 Å². The maximum atomic E-state index is 12.5. The van der Waals surface area contributed by atoms with Gasteiger partial charge >= 0.3 is 12.1 Å². The van der Waals surface area contributed by atoms with Crippen molar-refractivity contribution in [3.05, 3.63) is 41.2 Å². The number of hydrogen-bond acceptors (Lipinski definition) is 7. The van der Waals surface area contributed by atoms with E-state index in [4.69, 9.17) is 13.7 Å². The van der Waals surface area contributed by atoms with Gasteiger partial charge in [-0.1, -0.05) is 57.1 Å². The molecule has 0 aliphatic carbocycles. The molecule has 2 rings (SSSR count). The van der Waals surface area contributed by atoms with Gasteiger partial charge in [-0.25, -0.2) is 4.79 Å². The fourth-order valence-corrected chi connectivity index (χ4v) is 3.98. The van der Waals surface area contributed by atoms with Gasteiger partial charge in [-0.2, -0.15) is 4.98 Å². The SMILES string of the molecule is CCc1ccc(C[C@H](NC(=O)OC(C)(C)C)c2noc(NCCO[Si](C)(C)C(C)(C)C)n2)cc1. The van der Waals surface area contributed by atoms with Crippen molar-refractivity contribution in [2.75, 3.05) is 18.5 Å². The normalized spacial score (nSPS) is 13.4. The first kappa shape index (κ1) is 27.8. The summed E-state index contributed by atoms with van der Waals surface area (Å²) in [4.78, 5) is 16.9. The first-order valence-corrected chi connectivity index (χ1v) is 14.9. The van der Waals surface area contributed by atoms with E-state index in [0.29, 0.717) is 31.4 Å². The number of aryl methyl sites for hydroxylation is 1. The van der Waals surface area contributed by atoms with Gasteiger partial charge in [-0.05, 0) is 56.5 Å². The minimum atomic E-state index is -1.81. The van der Waals surface area contributed by atoms with Crippen LogP contribution in [0.2, 0.25) is 18.1 Å². The molecular formula is C25H42N4O4Si. The van der Waals surface area contributed by atoms with Crippen LogP contribution in [0.3, 0.4) is 0 Å². The Bertz CT molecular complexity index is 914. The van der Waals surface area contributed by atoms with Crippen LogP contribution in [0.4, 0.5) is 10.8 Å². The Morgan fingerprint density at radius 2 is 1.71 bits per heavy atom. The third kappa shape index (κ3) is 8.75. The van der Waals surface area contributed by atoms with E-state index in [1.165, 1.54) is 5.56 Å². The molecule has 9 heteroatoms. The smallest absolute Gasteiger partial charge is 0.408 e. The van der Waals surface area contributed by atoms with Crippen LogP contribution in [0.15, 0.2) is 28.8 Å². The molecule has 1 aromatic heterocycles. The molecule has 0 saturated heterocycles. The average molecular weight is 491 g/mol. The number of carbonyl (C=O) groups excluding carboxylic acids is 1. The van der Waals surface area contributed by atoms with E-state index in [9.17, 15) is 4.79 Å². The maximum Gasteiger partial charge on any atom is 0.408 e. The number of alkyl carbamates (subject to hydrolysis) is 1. The topological polar surface area (TPSA) is 98.5 Å². The molecule has 2 aromatic rings. The van der Waals surface area contributed by atoms with Crippen LogP contribution in [-0.2, 0) is 22.0 Å². The zero-order valence-electron chi connectivity index (χ0n) is 22.2. The van der Waals surface area contributed by atoms with E-state index < -0.39 is 26.1 Å². The quantitative estimate of drug-likeness (QED) is 0.317. The molecule has 0 bridgehead atoms. The monoisotopic (exact) mass is 490 g/mol. The van der Waals surface area contributed by atoms with Crippen LogP contribution in [0, 0.1) is 0 Å². The lowest BCUT2D eigenvalue weighted by atomic mass is 10.0. The predicted octanol–water partition coefficient (Wildman–Crippen LogP) is 5.87.